The zero-order valence-electron chi connectivity index (χ0n) is 15.2. The zero-order chi connectivity index (χ0) is 19.0. The first kappa shape index (κ1) is 18.1. The number of hydrogen-bond acceptors (Lipinski definition) is 4. The molecule has 0 aliphatic rings. The maximum Gasteiger partial charge on any atom is 0.263 e. The summed E-state index contributed by atoms with van der Waals surface area (Å²) in [7, 11) is 0. The predicted molar refractivity (Wildman–Crippen MR) is 111 cm³/mol. The molecule has 4 rings (SSSR count). The molecule has 6 heteroatoms. The van der Waals surface area contributed by atoms with E-state index < -0.39 is 0 Å². The molecular formula is C21H19FN2OS2. The summed E-state index contributed by atoms with van der Waals surface area (Å²) >= 11 is 3.20. The average Bonchev–Trinajstić information content (AvgIpc) is 3.25. The molecule has 3 heterocycles. The fourth-order valence-corrected chi connectivity index (χ4v) is 5.29. The van der Waals surface area contributed by atoms with E-state index in [1.54, 1.807) is 33.3 Å². The number of rotatable bonds is 5. The maximum absolute atomic E-state index is 13.6. The van der Waals surface area contributed by atoms with Gasteiger partial charge in [0.05, 0.1) is 11.9 Å². The van der Waals surface area contributed by atoms with Gasteiger partial charge >= 0.3 is 0 Å². The van der Waals surface area contributed by atoms with Gasteiger partial charge in [-0.2, -0.15) is 0 Å². The molecule has 0 aliphatic heterocycles. The molecule has 4 aromatic rings. The van der Waals surface area contributed by atoms with Gasteiger partial charge in [-0.1, -0.05) is 25.1 Å². The van der Waals surface area contributed by atoms with Crippen LogP contribution in [0.25, 0.3) is 20.7 Å². The maximum atomic E-state index is 13.6. The minimum absolute atomic E-state index is 0.0412. The lowest BCUT2D eigenvalue weighted by atomic mass is 10.1. The van der Waals surface area contributed by atoms with Gasteiger partial charge in [0.15, 0.2) is 0 Å². The van der Waals surface area contributed by atoms with Crippen molar-refractivity contribution >= 4 is 32.9 Å². The zero-order valence-corrected chi connectivity index (χ0v) is 16.8. The van der Waals surface area contributed by atoms with E-state index in [1.807, 2.05) is 30.5 Å². The van der Waals surface area contributed by atoms with E-state index in [4.69, 9.17) is 4.98 Å². The normalized spacial score (nSPS) is 11.4. The van der Waals surface area contributed by atoms with Crippen LogP contribution < -0.4 is 5.56 Å². The number of aromatic nitrogens is 2. The van der Waals surface area contributed by atoms with Crippen molar-refractivity contribution in [2.45, 2.75) is 33.2 Å². The lowest BCUT2D eigenvalue weighted by Gasteiger charge is -2.12. The molecule has 1 aromatic carbocycles. The Bertz CT molecular complexity index is 1160. The molecule has 0 saturated carbocycles. The highest BCUT2D eigenvalue weighted by Crippen LogP contribution is 2.38. The van der Waals surface area contributed by atoms with Gasteiger partial charge in [-0.05, 0) is 42.5 Å². The Kier molecular flexibility index (Phi) is 4.93. The van der Waals surface area contributed by atoms with Crippen LogP contribution in [0.5, 0.6) is 0 Å². The van der Waals surface area contributed by atoms with Crippen LogP contribution in [-0.2, 0) is 13.0 Å². The Morgan fingerprint density at radius 3 is 2.78 bits per heavy atom. The SMILES string of the molecule is CCCc1nc2sc(C)c(-c3cccs3)c2c(=O)n1Cc1cccc(F)c1. The van der Waals surface area contributed by atoms with Crippen molar-refractivity contribution in [1.29, 1.82) is 0 Å². The number of hydrogen-bond donors (Lipinski definition) is 0. The van der Waals surface area contributed by atoms with Crippen molar-refractivity contribution in [2.75, 3.05) is 0 Å². The Labute approximate surface area is 164 Å². The number of benzene rings is 1. The van der Waals surface area contributed by atoms with E-state index in [0.717, 1.165) is 38.0 Å². The Balaban J connectivity index is 1.96. The quantitative estimate of drug-likeness (QED) is 0.436. The van der Waals surface area contributed by atoms with E-state index in [0.29, 0.717) is 18.4 Å². The summed E-state index contributed by atoms with van der Waals surface area (Å²) in [5, 5.41) is 2.69. The van der Waals surface area contributed by atoms with Gasteiger partial charge in [-0.15, -0.1) is 22.7 Å². The lowest BCUT2D eigenvalue weighted by Crippen LogP contribution is -2.25. The van der Waals surface area contributed by atoms with Crippen LogP contribution in [0.1, 0.15) is 29.6 Å². The van der Waals surface area contributed by atoms with E-state index >= 15 is 0 Å². The van der Waals surface area contributed by atoms with Crippen molar-refractivity contribution in [3.8, 4) is 10.4 Å². The summed E-state index contributed by atoms with van der Waals surface area (Å²) in [4.78, 5) is 21.3. The highest BCUT2D eigenvalue weighted by Gasteiger charge is 2.20. The first-order valence-electron chi connectivity index (χ1n) is 8.89. The van der Waals surface area contributed by atoms with Crippen LogP contribution in [0.3, 0.4) is 0 Å². The Morgan fingerprint density at radius 2 is 2.07 bits per heavy atom. The molecule has 3 nitrogen and oxygen atoms in total. The third kappa shape index (κ3) is 3.35. The van der Waals surface area contributed by atoms with E-state index in [2.05, 4.69) is 6.92 Å². The number of aryl methyl sites for hydroxylation is 2. The molecule has 0 N–H and O–H groups in total. The van der Waals surface area contributed by atoms with Crippen LogP contribution in [0, 0.1) is 12.7 Å². The molecule has 0 saturated heterocycles. The first-order valence-corrected chi connectivity index (χ1v) is 10.6. The van der Waals surface area contributed by atoms with Crippen molar-refractivity contribution in [3.63, 3.8) is 0 Å². The topological polar surface area (TPSA) is 34.9 Å². The van der Waals surface area contributed by atoms with Crippen molar-refractivity contribution in [1.82, 2.24) is 9.55 Å². The fourth-order valence-electron chi connectivity index (χ4n) is 3.35. The second-order valence-electron chi connectivity index (χ2n) is 6.49. The van der Waals surface area contributed by atoms with Gasteiger partial charge in [0.2, 0.25) is 0 Å². The van der Waals surface area contributed by atoms with Crippen LogP contribution in [0.4, 0.5) is 4.39 Å². The second-order valence-corrected chi connectivity index (χ2v) is 8.64. The minimum atomic E-state index is -0.294. The Hall–Kier alpha value is -2.31. The highest BCUT2D eigenvalue weighted by atomic mass is 32.1. The number of halogens is 1. The lowest BCUT2D eigenvalue weighted by molar-refractivity contribution is 0.618. The molecule has 138 valence electrons. The molecule has 0 unspecified atom stereocenters. The number of fused-ring (bicyclic) bond motifs is 1. The average molecular weight is 399 g/mol. The van der Waals surface area contributed by atoms with Gasteiger partial charge in [0.1, 0.15) is 16.5 Å². The molecule has 0 bridgehead atoms. The largest absolute Gasteiger partial charge is 0.292 e. The van der Waals surface area contributed by atoms with E-state index in [1.165, 1.54) is 12.1 Å². The summed E-state index contributed by atoms with van der Waals surface area (Å²) in [6.07, 6.45) is 1.61. The third-order valence-corrected chi connectivity index (χ3v) is 6.42. The third-order valence-electron chi connectivity index (χ3n) is 4.54. The minimum Gasteiger partial charge on any atom is -0.292 e. The molecular weight excluding hydrogens is 379 g/mol. The molecule has 0 spiro atoms. The van der Waals surface area contributed by atoms with Crippen molar-refractivity contribution in [3.05, 3.63) is 74.2 Å². The molecule has 3 aromatic heterocycles. The molecule has 27 heavy (non-hydrogen) atoms. The smallest absolute Gasteiger partial charge is 0.263 e. The molecule has 0 radical (unpaired) electrons. The molecule has 0 fully saturated rings. The first-order chi connectivity index (χ1) is 13.1. The Morgan fingerprint density at radius 1 is 1.22 bits per heavy atom. The van der Waals surface area contributed by atoms with Gasteiger partial charge < -0.3 is 0 Å². The van der Waals surface area contributed by atoms with Gasteiger partial charge in [0, 0.05) is 21.7 Å². The van der Waals surface area contributed by atoms with Crippen molar-refractivity contribution < 1.29 is 4.39 Å². The highest BCUT2D eigenvalue weighted by molar-refractivity contribution is 7.20. The summed E-state index contributed by atoms with van der Waals surface area (Å²) in [5.41, 5.74) is 1.71. The van der Waals surface area contributed by atoms with Crippen LogP contribution in [0.2, 0.25) is 0 Å². The van der Waals surface area contributed by atoms with Gasteiger partial charge in [0.25, 0.3) is 5.56 Å². The van der Waals surface area contributed by atoms with E-state index in [9.17, 15) is 9.18 Å². The van der Waals surface area contributed by atoms with Crippen LogP contribution >= 0.6 is 22.7 Å². The predicted octanol–water partition coefficient (Wildman–Crippen LogP) is 5.63. The van der Waals surface area contributed by atoms with Crippen LogP contribution in [0.15, 0.2) is 46.6 Å². The summed E-state index contributed by atoms with van der Waals surface area (Å²) in [6, 6.07) is 10.4. The number of nitrogens with zero attached hydrogens (tertiary/aromatic N) is 2. The number of thiophene rings is 2. The standard InChI is InChI=1S/C21H19FN2OS2/c1-3-6-17-23-20-19(18(13(2)27-20)16-9-5-10-26-16)21(25)24(17)12-14-7-4-8-15(22)11-14/h4-5,7-11H,3,6,12H2,1-2H3. The summed E-state index contributed by atoms with van der Waals surface area (Å²) in [6.45, 7) is 4.44. The van der Waals surface area contributed by atoms with Crippen molar-refractivity contribution in [2.24, 2.45) is 0 Å². The second kappa shape index (κ2) is 7.37. The van der Waals surface area contributed by atoms with Gasteiger partial charge in [-0.25, -0.2) is 9.37 Å². The van der Waals surface area contributed by atoms with Crippen LogP contribution in [-0.4, -0.2) is 9.55 Å². The molecule has 0 atom stereocenters. The van der Waals surface area contributed by atoms with Gasteiger partial charge in [-0.3, -0.25) is 9.36 Å². The monoisotopic (exact) mass is 398 g/mol. The van der Waals surface area contributed by atoms with E-state index in [-0.39, 0.29) is 11.4 Å². The fraction of sp³-hybridized carbons (Fsp3) is 0.238. The summed E-state index contributed by atoms with van der Waals surface area (Å²) in [5.74, 6) is 0.468. The summed E-state index contributed by atoms with van der Waals surface area (Å²) < 4.78 is 15.3. The molecule has 0 aliphatic carbocycles. The molecule has 0 amide bonds.